The van der Waals surface area contributed by atoms with E-state index in [0.29, 0.717) is 13.0 Å². The summed E-state index contributed by atoms with van der Waals surface area (Å²) < 4.78 is 0. The van der Waals surface area contributed by atoms with E-state index >= 15 is 0 Å². The number of carbonyl (C=O) groups is 2. The second-order valence-electron chi connectivity index (χ2n) is 3.09. The van der Waals surface area contributed by atoms with Crippen molar-refractivity contribution in [1.82, 2.24) is 5.48 Å². The van der Waals surface area contributed by atoms with Gasteiger partial charge in [0.2, 0.25) is 5.91 Å². The van der Waals surface area contributed by atoms with Crippen LogP contribution in [0.4, 0.5) is 0 Å². The van der Waals surface area contributed by atoms with Crippen LogP contribution in [-0.2, 0) is 14.4 Å². The summed E-state index contributed by atoms with van der Waals surface area (Å²) in [4.78, 5) is 25.4. The lowest BCUT2D eigenvalue weighted by Crippen LogP contribution is -2.27. The Morgan fingerprint density at radius 1 is 1.57 bits per heavy atom. The number of aliphatic carboxylic acids is 1. The van der Waals surface area contributed by atoms with Gasteiger partial charge in [-0.05, 0) is 18.9 Å². The monoisotopic (exact) mass is 204 g/mol. The molecule has 0 saturated heterocycles. The topological polar surface area (TPSA) is 102 Å². The molecular weight excluding hydrogens is 188 g/mol. The molecule has 6 heteroatoms. The Balaban J connectivity index is 3.41. The molecule has 0 aliphatic rings. The van der Waals surface area contributed by atoms with Gasteiger partial charge in [0.15, 0.2) is 6.61 Å². The fourth-order valence-corrected chi connectivity index (χ4v) is 0.725. The van der Waals surface area contributed by atoms with Gasteiger partial charge >= 0.3 is 5.97 Å². The first-order valence-electron chi connectivity index (χ1n) is 4.38. The van der Waals surface area contributed by atoms with Crippen molar-refractivity contribution in [3.05, 3.63) is 0 Å². The van der Waals surface area contributed by atoms with Gasteiger partial charge in [-0.3, -0.25) is 9.63 Å². The number of nitrogens with one attached hydrogen (secondary N) is 1. The van der Waals surface area contributed by atoms with Gasteiger partial charge in [-0.2, -0.15) is 0 Å². The van der Waals surface area contributed by atoms with E-state index in [1.165, 1.54) is 0 Å². The van der Waals surface area contributed by atoms with E-state index in [9.17, 15) is 9.59 Å². The van der Waals surface area contributed by atoms with E-state index in [1.807, 2.05) is 12.4 Å². The smallest absolute Gasteiger partial charge is 0.332 e. The first-order valence-corrected chi connectivity index (χ1v) is 4.38. The summed E-state index contributed by atoms with van der Waals surface area (Å²) in [6.45, 7) is 1.94. The van der Waals surface area contributed by atoms with Gasteiger partial charge in [0.1, 0.15) is 0 Å². The molecule has 0 aliphatic heterocycles. The van der Waals surface area contributed by atoms with Gasteiger partial charge in [-0.1, -0.05) is 6.92 Å². The van der Waals surface area contributed by atoms with E-state index in [1.54, 1.807) is 0 Å². The van der Waals surface area contributed by atoms with Crippen LogP contribution in [-0.4, -0.2) is 30.1 Å². The normalized spacial score (nSPS) is 12.1. The maximum Gasteiger partial charge on any atom is 0.332 e. The van der Waals surface area contributed by atoms with Crippen LogP contribution in [0, 0.1) is 5.92 Å². The maximum atomic E-state index is 11.0. The quantitative estimate of drug-likeness (QED) is 0.485. The number of rotatable bonds is 7. The highest BCUT2D eigenvalue weighted by molar-refractivity contribution is 5.75. The molecule has 82 valence electrons. The molecule has 0 spiro atoms. The van der Waals surface area contributed by atoms with Crippen LogP contribution >= 0.6 is 0 Å². The molecule has 1 unspecified atom stereocenters. The minimum Gasteiger partial charge on any atom is -0.479 e. The number of carboxylic acids is 1. The van der Waals surface area contributed by atoms with Crippen LogP contribution in [0.1, 0.15) is 19.8 Å². The van der Waals surface area contributed by atoms with Crippen molar-refractivity contribution >= 4 is 11.9 Å². The third kappa shape index (κ3) is 7.51. The summed E-state index contributed by atoms with van der Waals surface area (Å²) >= 11 is 0. The molecule has 4 N–H and O–H groups in total. The summed E-state index contributed by atoms with van der Waals surface area (Å²) in [5.41, 5.74) is 7.39. The van der Waals surface area contributed by atoms with E-state index in [-0.39, 0.29) is 18.2 Å². The SMILES string of the molecule is CC(CN)CCC(=O)NOCC(=O)O. The predicted molar refractivity (Wildman–Crippen MR) is 49.2 cm³/mol. The van der Waals surface area contributed by atoms with Crippen molar-refractivity contribution in [3.8, 4) is 0 Å². The molecule has 0 rings (SSSR count). The molecular formula is C8H16N2O4. The molecule has 0 radical (unpaired) electrons. The van der Waals surface area contributed by atoms with Gasteiger partial charge in [-0.25, -0.2) is 10.3 Å². The average Bonchev–Trinajstić information content (AvgIpc) is 2.13. The fraction of sp³-hybridized carbons (Fsp3) is 0.750. The van der Waals surface area contributed by atoms with Crippen molar-refractivity contribution in [3.63, 3.8) is 0 Å². The van der Waals surface area contributed by atoms with Crippen molar-refractivity contribution in [1.29, 1.82) is 0 Å². The number of carbonyl (C=O) groups excluding carboxylic acids is 1. The fourth-order valence-electron chi connectivity index (χ4n) is 0.725. The van der Waals surface area contributed by atoms with Crippen molar-refractivity contribution in [2.45, 2.75) is 19.8 Å². The highest BCUT2D eigenvalue weighted by Crippen LogP contribution is 2.02. The third-order valence-corrected chi connectivity index (χ3v) is 1.65. The Labute approximate surface area is 82.4 Å². The van der Waals surface area contributed by atoms with E-state index < -0.39 is 12.6 Å². The molecule has 0 heterocycles. The zero-order valence-corrected chi connectivity index (χ0v) is 8.16. The van der Waals surface area contributed by atoms with Gasteiger partial charge in [0.05, 0.1) is 0 Å². The largest absolute Gasteiger partial charge is 0.479 e. The molecule has 0 aliphatic carbocycles. The summed E-state index contributed by atoms with van der Waals surface area (Å²) in [5, 5.41) is 8.19. The van der Waals surface area contributed by atoms with Gasteiger partial charge < -0.3 is 10.8 Å². The van der Waals surface area contributed by atoms with Gasteiger partial charge in [-0.15, -0.1) is 0 Å². The number of amides is 1. The first-order chi connectivity index (χ1) is 6.56. The lowest BCUT2D eigenvalue weighted by atomic mass is 10.1. The number of carboxylic acid groups (broad SMARTS) is 1. The van der Waals surface area contributed by atoms with Crippen LogP contribution in [0.25, 0.3) is 0 Å². The molecule has 0 aromatic heterocycles. The summed E-state index contributed by atoms with van der Waals surface area (Å²) in [6.07, 6.45) is 0.955. The minimum atomic E-state index is -1.12. The molecule has 0 aromatic rings. The molecule has 0 aromatic carbocycles. The van der Waals surface area contributed by atoms with Crippen molar-refractivity contribution in [2.24, 2.45) is 11.7 Å². The Morgan fingerprint density at radius 2 is 2.21 bits per heavy atom. The lowest BCUT2D eigenvalue weighted by molar-refractivity contribution is -0.149. The van der Waals surface area contributed by atoms with Gasteiger partial charge in [0.25, 0.3) is 0 Å². The molecule has 6 nitrogen and oxygen atoms in total. The number of hydrogen-bond acceptors (Lipinski definition) is 4. The Bertz CT molecular complexity index is 196. The second-order valence-corrected chi connectivity index (χ2v) is 3.09. The average molecular weight is 204 g/mol. The minimum absolute atomic E-state index is 0.278. The number of hydroxylamine groups is 1. The standard InChI is InChI=1S/C8H16N2O4/c1-6(4-9)2-3-7(11)10-14-5-8(12)13/h6H,2-5,9H2,1H3,(H,10,11)(H,12,13). The van der Waals surface area contributed by atoms with Gasteiger partial charge in [0, 0.05) is 6.42 Å². The molecule has 1 atom stereocenters. The second kappa shape index (κ2) is 7.28. The first kappa shape index (κ1) is 12.9. The summed E-state index contributed by atoms with van der Waals surface area (Å²) in [7, 11) is 0. The van der Waals surface area contributed by atoms with Crippen molar-refractivity contribution < 1.29 is 19.5 Å². The van der Waals surface area contributed by atoms with Crippen LogP contribution < -0.4 is 11.2 Å². The van der Waals surface area contributed by atoms with Crippen LogP contribution in [0.3, 0.4) is 0 Å². The number of nitrogens with two attached hydrogens (primary N) is 1. The van der Waals surface area contributed by atoms with E-state index in [0.717, 1.165) is 0 Å². The number of hydrogen-bond donors (Lipinski definition) is 3. The van der Waals surface area contributed by atoms with Crippen molar-refractivity contribution in [2.75, 3.05) is 13.2 Å². The van der Waals surface area contributed by atoms with Crippen LogP contribution in [0.15, 0.2) is 0 Å². The van der Waals surface area contributed by atoms with E-state index in [2.05, 4.69) is 4.84 Å². The van der Waals surface area contributed by atoms with Crippen LogP contribution in [0.2, 0.25) is 0 Å². The zero-order chi connectivity index (χ0) is 11.0. The molecule has 0 saturated carbocycles. The zero-order valence-electron chi connectivity index (χ0n) is 8.16. The highest BCUT2D eigenvalue weighted by atomic mass is 16.7. The lowest BCUT2D eigenvalue weighted by Gasteiger charge is -2.07. The Kier molecular flexibility index (Phi) is 6.69. The predicted octanol–water partition coefficient (Wildman–Crippen LogP) is -0.506. The highest BCUT2D eigenvalue weighted by Gasteiger charge is 2.05. The molecule has 0 bridgehead atoms. The Morgan fingerprint density at radius 3 is 2.71 bits per heavy atom. The molecule has 1 amide bonds. The summed E-state index contributed by atoms with van der Waals surface area (Å²) in [6, 6.07) is 0. The maximum absolute atomic E-state index is 11.0. The third-order valence-electron chi connectivity index (χ3n) is 1.65. The van der Waals surface area contributed by atoms with Crippen LogP contribution in [0.5, 0.6) is 0 Å². The molecule has 0 fully saturated rings. The Hall–Kier alpha value is -1.14. The summed E-state index contributed by atoms with van der Waals surface area (Å²) in [5.74, 6) is -1.17. The van der Waals surface area contributed by atoms with E-state index in [4.69, 9.17) is 10.8 Å². The molecule has 14 heavy (non-hydrogen) atoms.